The number of epoxide rings is 1. The van der Waals surface area contributed by atoms with E-state index in [1.807, 2.05) is 0 Å². The second kappa shape index (κ2) is 1.18. The van der Waals surface area contributed by atoms with Crippen LogP contribution in [0.25, 0.3) is 0 Å². The minimum Gasteiger partial charge on any atom is -0.393 e. The molecule has 2 heteroatoms. The summed E-state index contributed by atoms with van der Waals surface area (Å²) in [6, 6.07) is 0. The van der Waals surface area contributed by atoms with E-state index in [1.54, 1.807) is 0 Å². The van der Waals surface area contributed by atoms with E-state index < -0.39 is 0 Å². The van der Waals surface area contributed by atoms with Gasteiger partial charge in [0.1, 0.15) is 0 Å². The van der Waals surface area contributed by atoms with Crippen molar-refractivity contribution in [1.82, 2.24) is 0 Å². The van der Waals surface area contributed by atoms with E-state index in [1.165, 1.54) is 6.42 Å². The number of hydrogen-bond acceptors (Lipinski definition) is 2. The van der Waals surface area contributed by atoms with Crippen LogP contribution in [0.2, 0.25) is 0 Å². The summed E-state index contributed by atoms with van der Waals surface area (Å²) in [4.78, 5) is 0. The van der Waals surface area contributed by atoms with Gasteiger partial charge in [-0.25, -0.2) is 0 Å². The third kappa shape index (κ3) is 0.413. The van der Waals surface area contributed by atoms with Crippen LogP contribution in [0.5, 0.6) is 0 Å². The number of rotatable bonds is 0. The Labute approximate surface area is 53.8 Å². The Morgan fingerprint density at radius 2 is 2.11 bits per heavy atom. The lowest BCUT2D eigenvalue weighted by Gasteiger charge is -2.10. The van der Waals surface area contributed by atoms with Crippen molar-refractivity contribution in [1.29, 1.82) is 0 Å². The van der Waals surface area contributed by atoms with Gasteiger partial charge in [-0.3, -0.25) is 0 Å². The van der Waals surface area contributed by atoms with Gasteiger partial charge in [-0.2, -0.15) is 0 Å². The van der Waals surface area contributed by atoms with Gasteiger partial charge in [0.2, 0.25) is 0 Å². The maximum absolute atomic E-state index is 9.34. The monoisotopic (exact) mass is 126 g/mol. The summed E-state index contributed by atoms with van der Waals surface area (Å²) < 4.78 is 5.35. The summed E-state index contributed by atoms with van der Waals surface area (Å²) in [5.41, 5.74) is 0. The van der Waals surface area contributed by atoms with E-state index in [9.17, 15) is 5.11 Å². The molecule has 0 spiro atoms. The molecule has 3 aliphatic rings. The van der Waals surface area contributed by atoms with Gasteiger partial charge in [0, 0.05) is 5.92 Å². The van der Waals surface area contributed by atoms with Crippen LogP contribution < -0.4 is 0 Å². The number of aliphatic hydroxyl groups excluding tert-OH is 1. The number of fused-ring (bicyclic) bond motifs is 5. The molecule has 1 aliphatic heterocycles. The lowest BCUT2D eigenvalue weighted by atomic mass is 9.98. The molecule has 5 atom stereocenters. The molecule has 5 unspecified atom stereocenters. The fraction of sp³-hybridized carbons (Fsp3) is 1.00. The molecule has 2 aliphatic carbocycles. The highest BCUT2D eigenvalue weighted by Gasteiger charge is 2.62. The standard InChI is InChI=1S/C7H10O2/c8-5-2-3-1-4(5)7-6(3)9-7/h3-8H,1-2H2. The first-order chi connectivity index (χ1) is 4.36. The average molecular weight is 126 g/mol. The van der Waals surface area contributed by atoms with Gasteiger partial charge in [0.05, 0.1) is 18.3 Å². The van der Waals surface area contributed by atoms with Crippen molar-refractivity contribution < 1.29 is 9.84 Å². The number of ether oxygens (including phenoxy) is 1. The van der Waals surface area contributed by atoms with Crippen LogP contribution in [0, 0.1) is 11.8 Å². The molecule has 2 saturated carbocycles. The van der Waals surface area contributed by atoms with E-state index >= 15 is 0 Å². The molecule has 0 aromatic heterocycles. The zero-order valence-electron chi connectivity index (χ0n) is 5.16. The molecule has 1 saturated heterocycles. The van der Waals surface area contributed by atoms with Crippen molar-refractivity contribution in [3.05, 3.63) is 0 Å². The summed E-state index contributed by atoms with van der Waals surface area (Å²) in [7, 11) is 0. The smallest absolute Gasteiger partial charge is 0.0897 e. The molecule has 0 amide bonds. The van der Waals surface area contributed by atoms with Gasteiger partial charge in [0.15, 0.2) is 0 Å². The highest BCUT2D eigenvalue weighted by molar-refractivity contribution is 5.10. The van der Waals surface area contributed by atoms with Crippen molar-refractivity contribution in [3.8, 4) is 0 Å². The van der Waals surface area contributed by atoms with Crippen LogP contribution >= 0.6 is 0 Å². The molecule has 0 radical (unpaired) electrons. The first-order valence-corrected chi connectivity index (χ1v) is 3.70. The molecule has 3 fully saturated rings. The Morgan fingerprint density at radius 1 is 1.22 bits per heavy atom. The lowest BCUT2D eigenvalue weighted by Crippen LogP contribution is -2.21. The van der Waals surface area contributed by atoms with Crippen LogP contribution in [0.3, 0.4) is 0 Å². The van der Waals surface area contributed by atoms with Crippen molar-refractivity contribution >= 4 is 0 Å². The van der Waals surface area contributed by atoms with Gasteiger partial charge in [0.25, 0.3) is 0 Å². The largest absolute Gasteiger partial charge is 0.393 e. The first kappa shape index (κ1) is 4.69. The zero-order valence-corrected chi connectivity index (χ0v) is 5.16. The van der Waals surface area contributed by atoms with Gasteiger partial charge < -0.3 is 9.84 Å². The molecule has 1 heterocycles. The number of aliphatic hydroxyl groups is 1. The van der Waals surface area contributed by atoms with Crippen LogP contribution in [0.15, 0.2) is 0 Å². The van der Waals surface area contributed by atoms with Crippen LogP contribution in [0.4, 0.5) is 0 Å². The van der Waals surface area contributed by atoms with E-state index in [2.05, 4.69) is 0 Å². The van der Waals surface area contributed by atoms with Crippen molar-refractivity contribution in [2.75, 3.05) is 0 Å². The Morgan fingerprint density at radius 3 is 2.67 bits per heavy atom. The van der Waals surface area contributed by atoms with Gasteiger partial charge in [-0.15, -0.1) is 0 Å². The quantitative estimate of drug-likeness (QED) is 0.469. The van der Waals surface area contributed by atoms with Crippen molar-refractivity contribution in [2.24, 2.45) is 11.8 Å². The average Bonchev–Trinajstić information content (AvgIpc) is 2.46. The Bertz CT molecular complexity index is 153. The molecule has 2 bridgehead atoms. The Kier molecular flexibility index (Phi) is 0.616. The third-order valence-corrected chi connectivity index (χ3v) is 3.06. The van der Waals surface area contributed by atoms with Crippen LogP contribution in [-0.2, 0) is 4.74 Å². The third-order valence-electron chi connectivity index (χ3n) is 3.06. The first-order valence-electron chi connectivity index (χ1n) is 3.70. The molecule has 0 aromatic rings. The fourth-order valence-electron chi connectivity index (χ4n) is 2.57. The molecule has 2 nitrogen and oxygen atoms in total. The summed E-state index contributed by atoms with van der Waals surface area (Å²) in [5, 5.41) is 9.34. The number of hydrogen-bond donors (Lipinski definition) is 1. The van der Waals surface area contributed by atoms with Gasteiger partial charge in [-0.05, 0) is 18.8 Å². The van der Waals surface area contributed by atoms with Crippen LogP contribution in [0.1, 0.15) is 12.8 Å². The van der Waals surface area contributed by atoms with E-state index in [0.29, 0.717) is 18.1 Å². The topological polar surface area (TPSA) is 32.8 Å². The SMILES string of the molecule is OC1CC2CC1C1OC21. The fourth-order valence-corrected chi connectivity index (χ4v) is 2.57. The molecular formula is C7H10O2. The Hall–Kier alpha value is -0.0800. The highest BCUT2D eigenvalue weighted by Crippen LogP contribution is 2.56. The summed E-state index contributed by atoms with van der Waals surface area (Å²) in [5.74, 6) is 1.23. The second-order valence-electron chi connectivity index (χ2n) is 3.53. The summed E-state index contributed by atoms with van der Waals surface area (Å²) in [6.07, 6.45) is 3.25. The molecule has 9 heavy (non-hydrogen) atoms. The minimum absolute atomic E-state index is 0.0289. The zero-order chi connectivity index (χ0) is 6.01. The molecule has 0 aromatic carbocycles. The summed E-state index contributed by atoms with van der Waals surface area (Å²) in [6.45, 7) is 0. The van der Waals surface area contributed by atoms with E-state index in [-0.39, 0.29) is 6.10 Å². The van der Waals surface area contributed by atoms with E-state index in [4.69, 9.17) is 4.74 Å². The maximum atomic E-state index is 9.34. The van der Waals surface area contributed by atoms with Crippen LogP contribution in [-0.4, -0.2) is 23.4 Å². The molecule has 3 rings (SSSR count). The lowest BCUT2D eigenvalue weighted by molar-refractivity contribution is 0.113. The predicted molar refractivity (Wildman–Crippen MR) is 30.9 cm³/mol. The second-order valence-corrected chi connectivity index (χ2v) is 3.53. The van der Waals surface area contributed by atoms with Crippen molar-refractivity contribution in [2.45, 2.75) is 31.2 Å². The predicted octanol–water partition coefficient (Wildman–Crippen LogP) is 0.154. The normalized spacial score (nSPS) is 68.3. The molecular weight excluding hydrogens is 116 g/mol. The highest BCUT2D eigenvalue weighted by atomic mass is 16.6. The Balaban J connectivity index is 1.96. The minimum atomic E-state index is -0.0289. The maximum Gasteiger partial charge on any atom is 0.0897 e. The molecule has 1 N–H and O–H groups in total. The summed E-state index contributed by atoms with van der Waals surface area (Å²) >= 11 is 0. The van der Waals surface area contributed by atoms with E-state index in [0.717, 1.165) is 12.3 Å². The van der Waals surface area contributed by atoms with Crippen molar-refractivity contribution in [3.63, 3.8) is 0 Å². The van der Waals surface area contributed by atoms with Gasteiger partial charge in [-0.1, -0.05) is 0 Å². The van der Waals surface area contributed by atoms with Gasteiger partial charge >= 0.3 is 0 Å². The molecule has 50 valence electrons.